The van der Waals surface area contributed by atoms with E-state index in [1.807, 2.05) is 4.57 Å². The normalized spacial score (nSPS) is 27.4. The van der Waals surface area contributed by atoms with Gasteiger partial charge in [-0.1, -0.05) is 20.8 Å². The number of rotatable bonds is 3. The first-order chi connectivity index (χ1) is 10.4. The highest BCUT2D eigenvalue weighted by Gasteiger charge is 2.49. The van der Waals surface area contributed by atoms with Crippen molar-refractivity contribution in [1.82, 2.24) is 19.5 Å². The number of imidazole rings is 1. The molecule has 0 amide bonds. The first-order valence-electron chi connectivity index (χ1n) is 7.20. The molecule has 3 heterocycles. The Bertz CT molecular complexity index is 699. The van der Waals surface area contributed by atoms with Gasteiger partial charge in [0, 0.05) is 5.41 Å². The van der Waals surface area contributed by atoms with Crippen LogP contribution in [0.3, 0.4) is 0 Å². The number of aromatic nitrogens is 4. The van der Waals surface area contributed by atoms with E-state index in [0.29, 0.717) is 17.0 Å². The maximum atomic E-state index is 9.51. The molecule has 0 unspecified atom stereocenters. The number of aliphatic hydroxyl groups is 1. The fourth-order valence-corrected chi connectivity index (χ4v) is 3.01. The van der Waals surface area contributed by atoms with E-state index in [-0.39, 0.29) is 36.2 Å². The first-order valence-corrected chi connectivity index (χ1v) is 7.20. The summed E-state index contributed by atoms with van der Waals surface area (Å²) in [5.41, 5.74) is 6.65. The van der Waals surface area contributed by atoms with Crippen molar-refractivity contribution in [3.05, 3.63) is 6.33 Å². The summed E-state index contributed by atoms with van der Waals surface area (Å²) in [7, 11) is 1.51. The molecule has 0 radical (unpaired) electrons. The van der Waals surface area contributed by atoms with Crippen LogP contribution in [0.4, 0.5) is 5.95 Å². The highest BCUT2D eigenvalue weighted by atomic mass is 16.5. The average molecular weight is 307 g/mol. The fourth-order valence-electron chi connectivity index (χ4n) is 3.01. The molecule has 1 aliphatic rings. The Morgan fingerprint density at radius 1 is 1.45 bits per heavy atom. The van der Waals surface area contributed by atoms with E-state index in [4.69, 9.17) is 15.2 Å². The Morgan fingerprint density at radius 3 is 2.77 bits per heavy atom. The second-order valence-electron chi connectivity index (χ2n) is 6.23. The summed E-state index contributed by atoms with van der Waals surface area (Å²) in [5.74, 6) is 0.637. The molecule has 3 rings (SSSR count). The molecule has 22 heavy (non-hydrogen) atoms. The van der Waals surface area contributed by atoms with Gasteiger partial charge in [0.2, 0.25) is 11.8 Å². The molecule has 3 atom stereocenters. The van der Waals surface area contributed by atoms with Crippen LogP contribution in [0.25, 0.3) is 11.2 Å². The third kappa shape index (κ3) is 2.02. The van der Waals surface area contributed by atoms with Crippen molar-refractivity contribution in [3.63, 3.8) is 0 Å². The van der Waals surface area contributed by atoms with Gasteiger partial charge in [0.05, 0.1) is 26.1 Å². The van der Waals surface area contributed by atoms with Crippen molar-refractivity contribution < 1.29 is 14.6 Å². The first kappa shape index (κ1) is 15.0. The average Bonchev–Trinajstić information content (AvgIpc) is 2.98. The van der Waals surface area contributed by atoms with Crippen LogP contribution in [-0.4, -0.2) is 44.4 Å². The van der Waals surface area contributed by atoms with E-state index in [1.165, 1.54) is 7.11 Å². The molecule has 0 saturated carbocycles. The molecule has 2 aromatic rings. The summed E-state index contributed by atoms with van der Waals surface area (Å²) in [6, 6.07) is 0. The maximum Gasteiger partial charge on any atom is 0.246 e. The molecule has 120 valence electrons. The second kappa shape index (κ2) is 5.06. The predicted molar refractivity (Wildman–Crippen MR) is 80.2 cm³/mol. The van der Waals surface area contributed by atoms with Crippen LogP contribution in [0.5, 0.6) is 5.88 Å². The number of aliphatic hydroxyl groups excluding tert-OH is 1. The molecule has 8 nitrogen and oxygen atoms in total. The van der Waals surface area contributed by atoms with Gasteiger partial charge in [-0.3, -0.25) is 4.57 Å². The van der Waals surface area contributed by atoms with Crippen molar-refractivity contribution in [3.8, 4) is 5.88 Å². The Balaban J connectivity index is 2.13. The van der Waals surface area contributed by atoms with Crippen molar-refractivity contribution in [1.29, 1.82) is 0 Å². The van der Waals surface area contributed by atoms with Crippen molar-refractivity contribution in [2.75, 3.05) is 19.5 Å². The molecule has 8 heteroatoms. The Kier molecular flexibility index (Phi) is 3.45. The summed E-state index contributed by atoms with van der Waals surface area (Å²) < 4.78 is 13.1. The molecule has 0 aliphatic carbocycles. The highest BCUT2D eigenvalue weighted by molar-refractivity contribution is 5.77. The van der Waals surface area contributed by atoms with Crippen molar-refractivity contribution in [2.45, 2.75) is 33.1 Å². The molecule has 0 spiro atoms. The summed E-state index contributed by atoms with van der Waals surface area (Å²) in [6.45, 7) is 6.26. The number of nitrogen functional groups attached to an aromatic ring is 1. The zero-order valence-electron chi connectivity index (χ0n) is 13.1. The summed E-state index contributed by atoms with van der Waals surface area (Å²) in [6.07, 6.45) is 1.13. The van der Waals surface area contributed by atoms with Gasteiger partial charge in [-0.25, -0.2) is 4.98 Å². The van der Waals surface area contributed by atoms with E-state index in [2.05, 4.69) is 35.7 Å². The van der Waals surface area contributed by atoms with Crippen LogP contribution in [0.15, 0.2) is 6.33 Å². The van der Waals surface area contributed by atoms with Gasteiger partial charge < -0.3 is 20.3 Å². The van der Waals surface area contributed by atoms with Gasteiger partial charge in [0.1, 0.15) is 6.23 Å². The van der Waals surface area contributed by atoms with Gasteiger partial charge in [-0.05, 0) is 5.92 Å². The smallest absolute Gasteiger partial charge is 0.246 e. The monoisotopic (exact) mass is 307 g/mol. The Labute approximate surface area is 128 Å². The van der Waals surface area contributed by atoms with Gasteiger partial charge in [0.15, 0.2) is 11.2 Å². The number of ether oxygens (including phenoxy) is 2. The minimum atomic E-state index is -0.302. The number of nitrogens with two attached hydrogens (primary N) is 1. The van der Waals surface area contributed by atoms with Crippen LogP contribution in [0.2, 0.25) is 0 Å². The summed E-state index contributed by atoms with van der Waals surface area (Å²) in [5, 5.41) is 9.51. The van der Waals surface area contributed by atoms with Crippen LogP contribution < -0.4 is 10.5 Å². The zero-order valence-corrected chi connectivity index (χ0v) is 13.1. The maximum absolute atomic E-state index is 9.51. The predicted octanol–water partition coefficient (Wildman–Crippen LogP) is 0.969. The number of nitrogens with zero attached hydrogens (tertiary/aromatic N) is 4. The minimum Gasteiger partial charge on any atom is -0.479 e. The van der Waals surface area contributed by atoms with E-state index < -0.39 is 0 Å². The fraction of sp³-hybridized carbons (Fsp3) is 0.643. The molecule has 0 bridgehead atoms. The molecule has 1 saturated heterocycles. The molecule has 1 fully saturated rings. The van der Waals surface area contributed by atoms with Gasteiger partial charge in [0.25, 0.3) is 0 Å². The number of hydrogen-bond acceptors (Lipinski definition) is 7. The van der Waals surface area contributed by atoms with E-state index in [9.17, 15) is 5.11 Å². The third-order valence-corrected chi connectivity index (χ3v) is 4.70. The molecule has 1 aliphatic heterocycles. The lowest BCUT2D eigenvalue weighted by Gasteiger charge is -2.29. The third-order valence-electron chi connectivity index (χ3n) is 4.70. The lowest BCUT2D eigenvalue weighted by Crippen LogP contribution is -2.28. The summed E-state index contributed by atoms with van der Waals surface area (Å²) >= 11 is 0. The van der Waals surface area contributed by atoms with E-state index >= 15 is 0 Å². The minimum absolute atomic E-state index is 0.0197. The van der Waals surface area contributed by atoms with Crippen molar-refractivity contribution >= 4 is 17.1 Å². The number of fused-ring (bicyclic) bond motifs is 1. The topological polar surface area (TPSA) is 108 Å². The van der Waals surface area contributed by atoms with Crippen LogP contribution in [0.1, 0.15) is 27.0 Å². The van der Waals surface area contributed by atoms with Gasteiger partial charge in [-0.15, -0.1) is 0 Å². The lowest BCUT2D eigenvalue weighted by atomic mass is 9.78. The number of methoxy groups -OCH3 is 1. The van der Waals surface area contributed by atoms with E-state index in [0.717, 1.165) is 0 Å². The second-order valence-corrected chi connectivity index (χ2v) is 6.23. The van der Waals surface area contributed by atoms with Gasteiger partial charge >= 0.3 is 0 Å². The van der Waals surface area contributed by atoms with Crippen LogP contribution >= 0.6 is 0 Å². The Hall–Kier alpha value is -1.93. The zero-order chi connectivity index (χ0) is 16.1. The van der Waals surface area contributed by atoms with E-state index in [1.54, 1.807) is 6.33 Å². The van der Waals surface area contributed by atoms with Gasteiger partial charge in [-0.2, -0.15) is 9.97 Å². The number of hydrogen-bond donors (Lipinski definition) is 2. The largest absolute Gasteiger partial charge is 0.479 e. The van der Waals surface area contributed by atoms with Crippen molar-refractivity contribution in [2.24, 2.45) is 11.3 Å². The molecule has 3 N–H and O–H groups in total. The quantitative estimate of drug-likeness (QED) is 0.869. The molecular weight excluding hydrogens is 286 g/mol. The van der Waals surface area contributed by atoms with Crippen LogP contribution in [-0.2, 0) is 4.74 Å². The van der Waals surface area contributed by atoms with Crippen LogP contribution in [0, 0.1) is 11.3 Å². The molecular formula is C14H21N5O3. The molecule has 2 aromatic heterocycles. The number of anilines is 1. The Morgan fingerprint density at radius 2 is 2.18 bits per heavy atom. The highest BCUT2D eigenvalue weighted by Crippen LogP contribution is 2.49. The SMILES string of the molecule is COc1nc(N)nc2c1ncn2[C@@H]1O[C@H](CO)[C@@H](C)C1(C)C. The summed E-state index contributed by atoms with van der Waals surface area (Å²) in [4.78, 5) is 12.6. The molecule has 0 aromatic carbocycles. The lowest BCUT2D eigenvalue weighted by molar-refractivity contribution is -0.0457. The standard InChI is InChI=1S/C14H21N5O3/c1-7-8(5-20)22-12(14(7,2)3)19-6-16-9-10(19)17-13(15)18-11(9)21-4/h6-8,12,20H,5H2,1-4H3,(H2,15,17,18)/t7-,8-,12-/m1/s1.